The number of carbonyl (C=O) groups excluding carboxylic acids is 1. The van der Waals surface area contributed by atoms with Crippen LogP contribution in [0.4, 0.5) is 0 Å². The summed E-state index contributed by atoms with van der Waals surface area (Å²) in [4.78, 5) is 23.2. The van der Waals surface area contributed by atoms with Crippen molar-refractivity contribution < 1.29 is 29.6 Å². The molecule has 6 nitrogen and oxygen atoms in total. The first-order valence-corrected chi connectivity index (χ1v) is 11.3. The van der Waals surface area contributed by atoms with Crippen LogP contribution in [0.25, 0.3) is 0 Å². The van der Waals surface area contributed by atoms with E-state index in [9.17, 15) is 19.8 Å². The number of hydrogen-bond donors (Lipinski definition) is 3. The summed E-state index contributed by atoms with van der Waals surface area (Å²) in [6.07, 6.45) is 7.07. The Morgan fingerprint density at radius 3 is 2.57 bits per heavy atom. The summed E-state index contributed by atoms with van der Waals surface area (Å²) in [5.74, 6) is -0.406. The van der Waals surface area contributed by atoms with Crippen LogP contribution in [0.1, 0.15) is 66.2 Å². The number of aliphatic carboxylic acids is 1. The van der Waals surface area contributed by atoms with Crippen molar-refractivity contribution in [2.75, 3.05) is 0 Å². The van der Waals surface area contributed by atoms with Gasteiger partial charge in [-0.15, -0.1) is 0 Å². The third-order valence-electron chi connectivity index (χ3n) is 6.67. The summed E-state index contributed by atoms with van der Waals surface area (Å²) in [5.41, 5.74) is 1.21. The number of aliphatic hydroxyl groups excluding tert-OH is 2. The van der Waals surface area contributed by atoms with Crippen molar-refractivity contribution in [2.45, 2.75) is 84.5 Å². The van der Waals surface area contributed by atoms with Crippen LogP contribution < -0.4 is 0 Å². The highest BCUT2D eigenvalue weighted by atomic mass is 16.5. The smallest absolute Gasteiger partial charge is 0.308 e. The lowest BCUT2D eigenvalue weighted by Gasteiger charge is -2.43. The van der Waals surface area contributed by atoms with Crippen molar-refractivity contribution in [1.29, 1.82) is 0 Å². The van der Waals surface area contributed by atoms with Crippen LogP contribution in [0, 0.1) is 29.6 Å². The van der Waals surface area contributed by atoms with Gasteiger partial charge in [0.25, 0.3) is 0 Å². The maximum absolute atomic E-state index is 12.5. The molecule has 30 heavy (non-hydrogen) atoms. The largest absolute Gasteiger partial charge is 0.481 e. The lowest BCUT2D eigenvalue weighted by molar-refractivity contribution is -0.158. The fourth-order valence-electron chi connectivity index (χ4n) is 4.76. The maximum atomic E-state index is 12.5. The van der Waals surface area contributed by atoms with E-state index < -0.39 is 18.2 Å². The van der Waals surface area contributed by atoms with Gasteiger partial charge in [0.1, 0.15) is 6.10 Å². The summed E-state index contributed by atoms with van der Waals surface area (Å²) >= 11 is 0. The molecule has 170 valence electrons. The number of rotatable bonds is 10. The zero-order valence-electron chi connectivity index (χ0n) is 18.7. The SMILES string of the molecule is CC[C@H](C)C(=O)OC1CC(C)C=C2C=C[C@H](C)[C@H](CC[C@@H](O)C[C@@H](O)CC(=O)O)[C@H]21. The Bertz CT molecular complexity index is 654. The molecule has 2 unspecified atom stereocenters. The number of allylic oxidation sites excluding steroid dienone is 3. The molecule has 0 bridgehead atoms. The van der Waals surface area contributed by atoms with Crippen LogP contribution in [0.15, 0.2) is 23.8 Å². The molecule has 0 aliphatic heterocycles. The first-order valence-electron chi connectivity index (χ1n) is 11.3. The van der Waals surface area contributed by atoms with E-state index in [-0.39, 0.29) is 48.6 Å². The highest BCUT2D eigenvalue weighted by Crippen LogP contribution is 2.45. The fraction of sp³-hybridized carbons (Fsp3) is 0.750. The normalized spacial score (nSPS) is 31.3. The van der Waals surface area contributed by atoms with Crippen molar-refractivity contribution in [3.05, 3.63) is 23.8 Å². The Hall–Kier alpha value is -1.66. The minimum Gasteiger partial charge on any atom is -0.481 e. The Labute approximate surface area is 180 Å². The number of hydrogen-bond acceptors (Lipinski definition) is 5. The lowest BCUT2D eigenvalue weighted by Crippen LogP contribution is -2.41. The van der Waals surface area contributed by atoms with E-state index in [0.717, 1.165) is 19.3 Å². The van der Waals surface area contributed by atoms with Crippen molar-refractivity contribution in [2.24, 2.45) is 29.6 Å². The van der Waals surface area contributed by atoms with Gasteiger partial charge in [0, 0.05) is 5.92 Å². The molecule has 0 saturated carbocycles. The molecule has 0 aromatic rings. The molecule has 2 rings (SSSR count). The maximum Gasteiger partial charge on any atom is 0.308 e. The molecular weight excluding hydrogens is 384 g/mol. The van der Waals surface area contributed by atoms with Crippen LogP contribution in [0.2, 0.25) is 0 Å². The predicted molar refractivity (Wildman–Crippen MR) is 115 cm³/mol. The molecule has 0 heterocycles. The van der Waals surface area contributed by atoms with Gasteiger partial charge < -0.3 is 20.1 Å². The van der Waals surface area contributed by atoms with E-state index in [4.69, 9.17) is 9.84 Å². The van der Waals surface area contributed by atoms with E-state index in [0.29, 0.717) is 12.3 Å². The second kappa shape index (κ2) is 11.1. The summed E-state index contributed by atoms with van der Waals surface area (Å²) < 4.78 is 6.00. The summed E-state index contributed by atoms with van der Waals surface area (Å²) in [6, 6.07) is 0. The van der Waals surface area contributed by atoms with Gasteiger partial charge in [0.15, 0.2) is 0 Å². The Morgan fingerprint density at radius 2 is 1.93 bits per heavy atom. The zero-order chi connectivity index (χ0) is 22.4. The molecule has 3 N–H and O–H groups in total. The van der Waals surface area contributed by atoms with Crippen molar-refractivity contribution >= 4 is 11.9 Å². The number of carboxylic acids is 1. The fourth-order valence-corrected chi connectivity index (χ4v) is 4.76. The molecule has 0 spiro atoms. The molecule has 2 aliphatic carbocycles. The molecule has 0 aromatic carbocycles. The Kier molecular flexibility index (Phi) is 9.10. The molecule has 0 amide bonds. The van der Waals surface area contributed by atoms with Crippen molar-refractivity contribution in [1.82, 2.24) is 0 Å². The first kappa shape index (κ1) is 24.6. The van der Waals surface area contributed by atoms with E-state index in [1.165, 1.54) is 5.57 Å². The van der Waals surface area contributed by atoms with Gasteiger partial charge in [-0.1, -0.05) is 45.9 Å². The third kappa shape index (κ3) is 6.67. The standard InChI is InChI=1S/C24H38O6/c1-5-15(3)24(29)30-21-11-14(2)10-17-7-6-16(4)20(23(17)21)9-8-18(25)12-19(26)13-22(27)28/h6-7,10,14-16,18-21,23,25-26H,5,8-9,11-13H2,1-4H3,(H,27,28)/t14?,15-,16-,18+,19+,20-,21?,23-/m0/s1. The van der Waals surface area contributed by atoms with E-state index in [1.807, 2.05) is 13.8 Å². The average molecular weight is 423 g/mol. The summed E-state index contributed by atoms with van der Waals surface area (Å²) in [5, 5.41) is 28.9. The highest BCUT2D eigenvalue weighted by molar-refractivity contribution is 5.72. The van der Waals surface area contributed by atoms with Gasteiger partial charge >= 0.3 is 11.9 Å². The van der Waals surface area contributed by atoms with Gasteiger partial charge in [-0.05, 0) is 55.4 Å². The second-order valence-corrected chi connectivity index (χ2v) is 9.29. The lowest BCUT2D eigenvalue weighted by atomic mass is 9.65. The second-order valence-electron chi connectivity index (χ2n) is 9.29. The van der Waals surface area contributed by atoms with E-state index in [1.54, 1.807) is 0 Å². The summed E-state index contributed by atoms with van der Waals surface area (Å²) in [7, 11) is 0. The van der Waals surface area contributed by atoms with Crippen LogP contribution in [0.3, 0.4) is 0 Å². The third-order valence-corrected chi connectivity index (χ3v) is 6.67. The van der Waals surface area contributed by atoms with Gasteiger partial charge in [-0.3, -0.25) is 9.59 Å². The number of aliphatic hydroxyl groups is 2. The number of esters is 1. The number of carboxylic acid groups (broad SMARTS) is 1. The Morgan fingerprint density at radius 1 is 1.23 bits per heavy atom. The predicted octanol–water partition coefficient (Wildman–Crippen LogP) is 3.72. The molecule has 6 heteroatoms. The van der Waals surface area contributed by atoms with Gasteiger partial charge in [-0.2, -0.15) is 0 Å². The highest BCUT2D eigenvalue weighted by Gasteiger charge is 2.41. The quantitative estimate of drug-likeness (QED) is 0.464. The number of ether oxygens (including phenoxy) is 1. The monoisotopic (exact) mass is 422 g/mol. The molecular formula is C24H38O6. The first-order chi connectivity index (χ1) is 14.1. The van der Waals surface area contributed by atoms with Gasteiger partial charge in [0.2, 0.25) is 0 Å². The Balaban J connectivity index is 2.09. The summed E-state index contributed by atoms with van der Waals surface area (Å²) in [6.45, 7) is 8.16. The van der Waals surface area contributed by atoms with Crippen molar-refractivity contribution in [3.63, 3.8) is 0 Å². The molecule has 0 aromatic heterocycles. The van der Waals surface area contributed by atoms with E-state index in [2.05, 4.69) is 32.1 Å². The molecule has 0 radical (unpaired) electrons. The van der Waals surface area contributed by atoms with Crippen LogP contribution in [-0.4, -0.2) is 45.6 Å². The molecule has 8 atom stereocenters. The topological polar surface area (TPSA) is 104 Å². The minimum absolute atomic E-state index is 0.0556. The minimum atomic E-state index is -1.07. The molecule has 0 fully saturated rings. The van der Waals surface area contributed by atoms with Crippen molar-refractivity contribution in [3.8, 4) is 0 Å². The molecule has 2 aliphatic rings. The average Bonchev–Trinajstić information content (AvgIpc) is 2.65. The molecule has 0 saturated heterocycles. The van der Waals surface area contributed by atoms with Gasteiger partial charge in [0.05, 0.1) is 24.5 Å². The van der Waals surface area contributed by atoms with E-state index >= 15 is 0 Å². The van der Waals surface area contributed by atoms with Crippen LogP contribution in [-0.2, 0) is 14.3 Å². The van der Waals surface area contributed by atoms with Crippen LogP contribution in [0.5, 0.6) is 0 Å². The number of fused-ring (bicyclic) bond motifs is 1. The van der Waals surface area contributed by atoms with Gasteiger partial charge in [-0.25, -0.2) is 0 Å². The van der Waals surface area contributed by atoms with Crippen LogP contribution >= 0.6 is 0 Å². The number of carbonyl (C=O) groups is 2. The zero-order valence-corrected chi connectivity index (χ0v) is 18.7.